The Morgan fingerprint density at radius 1 is 1.00 bits per heavy atom. The SMILES string of the molecule is O=Cc1ccccc1S(=O)(=O)N1CCN(CCOc2ccccc2Cl)CC1. The summed E-state index contributed by atoms with van der Waals surface area (Å²) in [4.78, 5) is 13.4. The molecular formula is C19H21ClN2O4S. The minimum atomic E-state index is -3.67. The molecule has 0 unspecified atom stereocenters. The molecule has 0 atom stereocenters. The molecule has 0 saturated carbocycles. The van der Waals surface area contributed by atoms with Gasteiger partial charge in [0.2, 0.25) is 10.0 Å². The van der Waals surface area contributed by atoms with Crippen LogP contribution in [0.1, 0.15) is 10.4 Å². The monoisotopic (exact) mass is 408 g/mol. The summed E-state index contributed by atoms with van der Waals surface area (Å²) in [5, 5.41) is 0.572. The maximum absolute atomic E-state index is 12.8. The number of aldehydes is 1. The van der Waals surface area contributed by atoms with E-state index in [0.29, 0.717) is 56.4 Å². The van der Waals surface area contributed by atoms with Crippen LogP contribution < -0.4 is 4.74 Å². The fourth-order valence-corrected chi connectivity index (χ4v) is 4.77. The highest BCUT2D eigenvalue weighted by molar-refractivity contribution is 7.89. The first-order valence-electron chi connectivity index (χ1n) is 8.66. The second-order valence-corrected chi connectivity index (χ2v) is 8.49. The van der Waals surface area contributed by atoms with Crippen molar-refractivity contribution in [3.63, 3.8) is 0 Å². The largest absolute Gasteiger partial charge is 0.491 e. The van der Waals surface area contributed by atoms with Gasteiger partial charge in [0.05, 0.1) is 9.92 Å². The highest BCUT2D eigenvalue weighted by Crippen LogP contribution is 2.23. The van der Waals surface area contributed by atoms with Gasteiger partial charge < -0.3 is 4.74 Å². The van der Waals surface area contributed by atoms with E-state index in [4.69, 9.17) is 16.3 Å². The van der Waals surface area contributed by atoms with Gasteiger partial charge in [-0.25, -0.2) is 8.42 Å². The second kappa shape index (κ2) is 8.84. The molecule has 0 N–H and O–H groups in total. The Balaban J connectivity index is 1.54. The van der Waals surface area contributed by atoms with Crippen LogP contribution in [0.5, 0.6) is 5.75 Å². The highest BCUT2D eigenvalue weighted by atomic mass is 35.5. The lowest BCUT2D eigenvalue weighted by atomic mass is 10.2. The molecule has 1 aliphatic heterocycles. The van der Waals surface area contributed by atoms with Gasteiger partial charge in [-0.15, -0.1) is 0 Å². The summed E-state index contributed by atoms with van der Waals surface area (Å²) in [6.45, 7) is 3.13. The molecular weight excluding hydrogens is 388 g/mol. The lowest BCUT2D eigenvalue weighted by Crippen LogP contribution is -2.49. The number of hydrogen-bond acceptors (Lipinski definition) is 5. The Morgan fingerprint density at radius 2 is 1.67 bits per heavy atom. The number of para-hydroxylation sites is 1. The minimum Gasteiger partial charge on any atom is -0.491 e. The summed E-state index contributed by atoms with van der Waals surface area (Å²) < 4.78 is 32.8. The number of rotatable bonds is 7. The van der Waals surface area contributed by atoms with E-state index in [2.05, 4.69) is 4.90 Å². The van der Waals surface area contributed by atoms with Crippen molar-refractivity contribution in [2.45, 2.75) is 4.90 Å². The number of hydrogen-bond donors (Lipinski definition) is 0. The van der Waals surface area contributed by atoms with Crippen LogP contribution >= 0.6 is 11.6 Å². The zero-order valence-electron chi connectivity index (χ0n) is 14.8. The molecule has 1 fully saturated rings. The number of nitrogens with zero attached hydrogens (tertiary/aromatic N) is 2. The summed E-state index contributed by atoms with van der Waals surface area (Å²) >= 11 is 6.06. The summed E-state index contributed by atoms with van der Waals surface area (Å²) in [5.74, 6) is 0.644. The maximum Gasteiger partial charge on any atom is 0.243 e. The number of sulfonamides is 1. The molecule has 1 aliphatic rings. The number of piperazine rings is 1. The van der Waals surface area contributed by atoms with Crippen LogP contribution in [0.15, 0.2) is 53.4 Å². The van der Waals surface area contributed by atoms with Crippen molar-refractivity contribution < 1.29 is 17.9 Å². The fraction of sp³-hybridized carbons (Fsp3) is 0.316. The van der Waals surface area contributed by atoms with Crippen molar-refractivity contribution in [2.75, 3.05) is 39.3 Å². The van der Waals surface area contributed by atoms with Crippen LogP contribution in [0.4, 0.5) is 0 Å². The normalized spacial score (nSPS) is 16.2. The molecule has 27 heavy (non-hydrogen) atoms. The standard InChI is InChI=1S/C19H21ClN2O4S/c20-17-6-2-3-7-18(17)26-14-13-21-9-11-22(12-10-21)27(24,25)19-8-4-1-5-16(19)15-23/h1-8,15H,9-14H2. The summed E-state index contributed by atoms with van der Waals surface area (Å²) in [6, 6.07) is 13.6. The van der Waals surface area contributed by atoms with E-state index in [9.17, 15) is 13.2 Å². The predicted octanol–water partition coefficient (Wildman–Crippen LogP) is 2.54. The van der Waals surface area contributed by atoms with E-state index >= 15 is 0 Å². The van der Waals surface area contributed by atoms with Gasteiger partial charge in [0.15, 0.2) is 6.29 Å². The van der Waals surface area contributed by atoms with E-state index < -0.39 is 10.0 Å². The van der Waals surface area contributed by atoms with E-state index in [-0.39, 0.29) is 10.5 Å². The van der Waals surface area contributed by atoms with Gasteiger partial charge in [-0.1, -0.05) is 41.9 Å². The lowest BCUT2D eigenvalue weighted by molar-refractivity contribution is 0.112. The Hall–Kier alpha value is -1.93. The maximum atomic E-state index is 12.8. The van der Waals surface area contributed by atoms with Gasteiger partial charge in [0.25, 0.3) is 0 Å². The molecule has 1 heterocycles. The molecule has 144 valence electrons. The van der Waals surface area contributed by atoms with Crippen LogP contribution in [0.3, 0.4) is 0 Å². The molecule has 1 saturated heterocycles. The molecule has 3 rings (SSSR count). The van der Waals surface area contributed by atoms with E-state index in [1.165, 1.54) is 16.4 Å². The van der Waals surface area contributed by atoms with Crippen molar-refractivity contribution in [1.82, 2.24) is 9.21 Å². The van der Waals surface area contributed by atoms with Crippen molar-refractivity contribution in [1.29, 1.82) is 0 Å². The smallest absolute Gasteiger partial charge is 0.243 e. The van der Waals surface area contributed by atoms with Crippen molar-refractivity contribution in [3.05, 3.63) is 59.1 Å². The first-order valence-corrected chi connectivity index (χ1v) is 10.5. The van der Waals surface area contributed by atoms with Crippen LogP contribution in [-0.2, 0) is 10.0 Å². The molecule has 0 aromatic heterocycles. The lowest BCUT2D eigenvalue weighted by Gasteiger charge is -2.34. The van der Waals surface area contributed by atoms with Gasteiger partial charge in [0, 0.05) is 38.3 Å². The zero-order chi connectivity index (χ0) is 19.3. The molecule has 6 nitrogen and oxygen atoms in total. The Bertz CT molecular complexity index is 896. The quantitative estimate of drug-likeness (QED) is 0.658. The third-order valence-corrected chi connectivity index (χ3v) is 6.78. The van der Waals surface area contributed by atoms with Gasteiger partial charge in [-0.05, 0) is 18.2 Å². The third kappa shape index (κ3) is 4.68. The van der Waals surface area contributed by atoms with Gasteiger partial charge in [-0.3, -0.25) is 9.69 Å². The first-order chi connectivity index (χ1) is 13.0. The molecule has 2 aromatic carbocycles. The Labute approximate surface area is 164 Å². The van der Waals surface area contributed by atoms with Crippen molar-refractivity contribution in [2.24, 2.45) is 0 Å². The van der Waals surface area contributed by atoms with Crippen LogP contribution in [0.2, 0.25) is 5.02 Å². The molecule has 0 bridgehead atoms. The van der Waals surface area contributed by atoms with Crippen molar-refractivity contribution in [3.8, 4) is 5.75 Å². The number of carbonyl (C=O) groups is 1. The van der Waals surface area contributed by atoms with Crippen LogP contribution in [-0.4, -0.2) is 63.2 Å². The molecule has 0 amide bonds. The molecule has 0 radical (unpaired) electrons. The topological polar surface area (TPSA) is 66.9 Å². The molecule has 8 heteroatoms. The Kier molecular flexibility index (Phi) is 6.49. The minimum absolute atomic E-state index is 0.0653. The van der Waals surface area contributed by atoms with Gasteiger partial charge in [-0.2, -0.15) is 4.31 Å². The van der Waals surface area contributed by atoms with Crippen LogP contribution in [0.25, 0.3) is 0 Å². The van der Waals surface area contributed by atoms with E-state index in [1.54, 1.807) is 18.2 Å². The fourth-order valence-electron chi connectivity index (χ4n) is 2.99. The van der Waals surface area contributed by atoms with Gasteiger partial charge in [0.1, 0.15) is 12.4 Å². The van der Waals surface area contributed by atoms with Gasteiger partial charge >= 0.3 is 0 Å². The predicted molar refractivity (Wildman–Crippen MR) is 104 cm³/mol. The number of ether oxygens (including phenoxy) is 1. The first kappa shape index (κ1) is 19.8. The van der Waals surface area contributed by atoms with Crippen molar-refractivity contribution >= 4 is 27.9 Å². The number of carbonyl (C=O) groups excluding carboxylic acids is 1. The van der Waals surface area contributed by atoms with Crippen LogP contribution in [0, 0.1) is 0 Å². The summed E-state index contributed by atoms with van der Waals surface area (Å²) in [5.41, 5.74) is 0.188. The highest BCUT2D eigenvalue weighted by Gasteiger charge is 2.29. The number of benzene rings is 2. The zero-order valence-corrected chi connectivity index (χ0v) is 16.3. The molecule has 0 spiro atoms. The summed E-state index contributed by atoms with van der Waals surface area (Å²) in [7, 11) is -3.67. The van der Waals surface area contributed by atoms with E-state index in [0.717, 1.165) is 0 Å². The molecule has 2 aromatic rings. The summed E-state index contributed by atoms with van der Waals surface area (Å²) in [6.07, 6.45) is 0.579. The average Bonchev–Trinajstić information content (AvgIpc) is 2.70. The number of halogens is 1. The Morgan fingerprint density at radius 3 is 2.37 bits per heavy atom. The molecule has 0 aliphatic carbocycles. The second-order valence-electron chi connectivity index (χ2n) is 6.18. The third-order valence-electron chi connectivity index (χ3n) is 4.50. The van der Waals surface area contributed by atoms with E-state index in [1.807, 2.05) is 18.2 Å². The average molecular weight is 409 g/mol.